The Hall–Kier alpha value is -2.14. The van der Waals surface area contributed by atoms with E-state index >= 15 is 0 Å². The molecule has 0 aliphatic rings. The quantitative estimate of drug-likeness (QED) is 0.772. The molecule has 0 aliphatic heterocycles. The standard InChI is InChI=1S/C16H19N3OS/c1-3-9-17-16(20)12-5-7-13(8-6-12)18-10-14-11-19-15(4-2)21-14/h3,5-8,11,18H,1,4,9-10H2,2H3,(H,17,20). The molecule has 2 aromatic rings. The van der Waals surface area contributed by atoms with Gasteiger partial charge in [0.05, 0.1) is 11.6 Å². The number of hydrogen-bond acceptors (Lipinski definition) is 4. The molecule has 2 N–H and O–H groups in total. The van der Waals surface area contributed by atoms with Crippen LogP contribution in [0, 0.1) is 0 Å². The van der Waals surface area contributed by atoms with Crippen LogP contribution in [0.25, 0.3) is 0 Å². The van der Waals surface area contributed by atoms with Crippen molar-refractivity contribution in [3.8, 4) is 0 Å². The molecule has 1 aromatic carbocycles. The van der Waals surface area contributed by atoms with E-state index in [4.69, 9.17) is 0 Å². The summed E-state index contributed by atoms with van der Waals surface area (Å²) < 4.78 is 0. The fourth-order valence-electron chi connectivity index (χ4n) is 1.79. The van der Waals surface area contributed by atoms with Crippen LogP contribution in [-0.4, -0.2) is 17.4 Å². The highest BCUT2D eigenvalue weighted by Gasteiger charge is 2.04. The van der Waals surface area contributed by atoms with Crippen molar-refractivity contribution in [2.24, 2.45) is 0 Å². The van der Waals surface area contributed by atoms with Crippen LogP contribution in [0.2, 0.25) is 0 Å². The van der Waals surface area contributed by atoms with E-state index < -0.39 is 0 Å². The molecule has 0 radical (unpaired) electrons. The SMILES string of the molecule is C=CCNC(=O)c1ccc(NCc2cnc(CC)s2)cc1. The minimum absolute atomic E-state index is 0.0866. The second-order valence-corrected chi connectivity index (χ2v) is 5.70. The summed E-state index contributed by atoms with van der Waals surface area (Å²) >= 11 is 1.72. The van der Waals surface area contributed by atoms with Gasteiger partial charge in [-0.15, -0.1) is 17.9 Å². The number of amides is 1. The van der Waals surface area contributed by atoms with Crippen molar-refractivity contribution in [1.82, 2.24) is 10.3 Å². The van der Waals surface area contributed by atoms with Gasteiger partial charge in [0, 0.05) is 28.9 Å². The minimum Gasteiger partial charge on any atom is -0.380 e. The van der Waals surface area contributed by atoms with Gasteiger partial charge in [-0.3, -0.25) is 4.79 Å². The van der Waals surface area contributed by atoms with Gasteiger partial charge in [-0.1, -0.05) is 13.0 Å². The second kappa shape index (κ2) is 7.59. The van der Waals surface area contributed by atoms with E-state index in [1.54, 1.807) is 17.4 Å². The monoisotopic (exact) mass is 301 g/mol. The summed E-state index contributed by atoms with van der Waals surface area (Å²) in [5, 5.41) is 7.24. The van der Waals surface area contributed by atoms with Crippen molar-refractivity contribution in [3.05, 3.63) is 58.6 Å². The molecule has 4 nitrogen and oxygen atoms in total. The van der Waals surface area contributed by atoms with E-state index in [1.807, 2.05) is 30.5 Å². The van der Waals surface area contributed by atoms with Gasteiger partial charge in [-0.2, -0.15) is 0 Å². The topological polar surface area (TPSA) is 54.0 Å². The highest BCUT2D eigenvalue weighted by atomic mass is 32.1. The maximum atomic E-state index is 11.7. The van der Waals surface area contributed by atoms with Crippen molar-refractivity contribution in [2.45, 2.75) is 19.9 Å². The molecule has 5 heteroatoms. The smallest absolute Gasteiger partial charge is 0.251 e. The zero-order valence-corrected chi connectivity index (χ0v) is 12.9. The average Bonchev–Trinajstić information content (AvgIpc) is 2.99. The van der Waals surface area contributed by atoms with Gasteiger partial charge in [-0.05, 0) is 30.7 Å². The van der Waals surface area contributed by atoms with Gasteiger partial charge in [-0.25, -0.2) is 4.98 Å². The first kappa shape index (κ1) is 15.3. The Labute approximate surface area is 128 Å². The van der Waals surface area contributed by atoms with Crippen molar-refractivity contribution < 1.29 is 4.79 Å². The summed E-state index contributed by atoms with van der Waals surface area (Å²) in [6.45, 7) is 6.90. The molecule has 0 spiro atoms. The third kappa shape index (κ3) is 4.43. The number of anilines is 1. The first-order chi connectivity index (χ1) is 10.2. The van der Waals surface area contributed by atoms with E-state index in [9.17, 15) is 4.79 Å². The molecule has 0 fully saturated rings. The summed E-state index contributed by atoms with van der Waals surface area (Å²) in [5.74, 6) is -0.0866. The highest BCUT2D eigenvalue weighted by Crippen LogP contribution is 2.16. The molecule has 1 amide bonds. The van der Waals surface area contributed by atoms with Crippen LogP contribution in [-0.2, 0) is 13.0 Å². The van der Waals surface area contributed by atoms with Gasteiger partial charge in [0.2, 0.25) is 0 Å². The average molecular weight is 301 g/mol. The number of carbonyl (C=O) groups excluding carboxylic acids is 1. The molecule has 0 aliphatic carbocycles. The highest BCUT2D eigenvalue weighted by molar-refractivity contribution is 7.11. The second-order valence-electron chi connectivity index (χ2n) is 4.50. The number of rotatable bonds is 7. The van der Waals surface area contributed by atoms with Crippen LogP contribution in [0.4, 0.5) is 5.69 Å². The molecular formula is C16H19N3OS. The zero-order valence-electron chi connectivity index (χ0n) is 12.1. The Bertz CT molecular complexity index is 604. The van der Waals surface area contributed by atoms with Crippen molar-refractivity contribution >= 4 is 22.9 Å². The Balaban J connectivity index is 1.89. The van der Waals surface area contributed by atoms with Gasteiger partial charge < -0.3 is 10.6 Å². The number of nitrogens with one attached hydrogen (secondary N) is 2. The normalized spacial score (nSPS) is 10.1. The number of benzene rings is 1. The molecule has 110 valence electrons. The fraction of sp³-hybridized carbons (Fsp3) is 0.250. The Morgan fingerprint density at radius 1 is 1.38 bits per heavy atom. The van der Waals surface area contributed by atoms with Gasteiger partial charge >= 0.3 is 0 Å². The molecule has 0 atom stereocenters. The van der Waals surface area contributed by atoms with Gasteiger partial charge in [0.25, 0.3) is 5.91 Å². The summed E-state index contributed by atoms with van der Waals surface area (Å²) in [5.41, 5.74) is 1.63. The first-order valence-corrected chi connectivity index (χ1v) is 7.71. The number of aromatic nitrogens is 1. The molecule has 0 bridgehead atoms. The lowest BCUT2D eigenvalue weighted by atomic mass is 10.2. The Kier molecular flexibility index (Phi) is 5.51. The van der Waals surface area contributed by atoms with Crippen LogP contribution in [0.1, 0.15) is 27.2 Å². The molecule has 1 heterocycles. The van der Waals surface area contributed by atoms with Crippen LogP contribution in [0.5, 0.6) is 0 Å². The Morgan fingerprint density at radius 2 is 2.14 bits per heavy atom. The molecule has 0 unspecified atom stereocenters. The molecule has 0 saturated heterocycles. The van der Waals surface area contributed by atoms with Gasteiger partial charge in [0.15, 0.2) is 0 Å². The lowest BCUT2D eigenvalue weighted by molar-refractivity contribution is 0.0958. The van der Waals surface area contributed by atoms with E-state index in [0.717, 1.165) is 23.7 Å². The van der Waals surface area contributed by atoms with E-state index in [1.165, 1.54) is 4.88 Å². The lowest BCUT2D eigenvalue weighted by Gasteiger charge is -2.06. The zero-order chi connectivity index (χ0) is 15.1. The summed E-state index contributed by atoms with van der Waals surface area (Å²) in [6, 6.07) is 7.44. The third-order valence-electron chi connectivity index (χ3n) is 2.92. The summed E-state index contributed by atoms with van der Waals surface area (Å²) in [7, 11) is 0. The molecule has 1 aromatic heterocycles. The molecule has 0 saturated carbocycles. The van der Waals surface area contributed by atoms with E-state index in [-0.39, 0.29) is 5.91 Å². The molecule has 2 rings (SSSR count). The number of carbonyl (C=O) groups is 1. The van der Waals surface area contributed by atoms with Crippen molar-refractivity contribution in [2.75, 3.05) is 11.9 Å². The number of aryl methyl sites for hydroxylation is 1. The predicted octanol–water partition coefficient (Wildman–Crippen LogP) is 3.23. The number of hydrogen-bond donors (Lipinski definition) is 2. The van der Waals surface area contributed by atoms with Crippen LogP contribution >= 0.6 is 11.3 Å². The predicted molar refractivity (Wildman–Crippen MR) is 87.8 cm³/mol. The first-order valence-electron chi connectivity index (χ1n) is 6.89. The number of thiazole rings is 1. The van der Waals surface area contributed by atoms with Crippen molar-refractivity contribution in [1.29, 1.82) is 0 Å². The van der Waals surface area contributed by atoms with Crippen LogP contribution in [0.3, 0.4) is 0 Å². The maximum absolute atomic E-state index is 11.7. The minimum atomic E-state index is -0.0866. The Morgan fingerprint density at radius 3 is 2.76 bits per heavy atom. The van der Waals surface area contributed by atoms with Crippen LogP contribution < -0.4 is 10.6 Å². The molecular weight excluding hydrogens is 282 g/mol. The third-order valence-corrected chi connectivity index (χ3v) is 4.07. The fourth-order valence-corrected chi connectivity index (χ4v) is 2.59. The van der Waals surface area contributed by atoms with Crippen LogP contribution in [0.15, 0.2) is 43.1 Å². The maximum Gasteiger partial charge on any atom is 0.251 e. The summed E-state index contributed by atoms with van der Waals surface area (Å²) in [6.07, 6.45) is 4.54. The number of nitrogens with zero attached hydrogens (tertiary/aromatic N) is 1. The lowest BCUT2D eigenvalue weighted by Crippen LogP contribution is -2.23. The van der Waals surface area contributed by atoms with Gasteiger partial charge in [0.1, 0.15) is 0 Å². The largest absolute Gasteiger partial charge is 0.380 e. The molecule has 21 heavy (non-hydrogen) atoms. The van der Waals surface area contributed by atoms with E-state index in [0.29, 0.717) is 12.1 Å². The summed E-state index contributed by atoms with van der Waals surface area (Å²) in [4.78, 5) is 17.3. The van der Waals surface area contributed by atoms with Crippen molar-refractivity contribution in [3.63, 3.8) is 0 Å². The van der Waals surface area contributed by atoms with E-state index in [2.05, 4.69) is 29.1 Å².